The van der Waals surface area contributed by atoms with E-state index in [0.29, 0.717) is 0 Å². The molecule has 0 saturated carbocycles. The zero-order valence-corrected chi connectivity index (χ0v) is 8.74. The molecule has 2 nitrogen and oxygen atoms in total. The Morgan fingerprint density at radius 1 is 0.867 bits per heavy atom. The van der Waals surface area contributed by atoms with Crippen molar-refractivity contribution in [2.45, 2.75) is 13.0 Å². The molecule has 1 aliphatic heterocycles. The van der Waals surface area contributed by atoms with E-state index in [0.717, 1.165) is 13.1 Å². The molecule has 78 valence electrons. The van der Waals surface area contributed by atoms with Crippen molar-refractivity contribution in [1.29, 1.82) is 0 Å². The summed E-state index contributed by atoms with van der Waals surface area (Å²) in [6.07, 6.45) is 4.94. The fourth-order valence-electron chi connectivity index (χ4n) is 1.70. The average Bonchev–Trinajstić information content (AvgIpc) is 2.88. The fourth-order valence-corrected chi connectivity index (χ4v) is 1.70. The first-order valence-corrected chi connectivity index (χ1v) is 5.32. The molecule has 1 aliphatic rings. The summed E-state index contributed by atoms with van der Waals surface area (Å²) >= 11 is 0. The van der Waals surface area contributed by atoms with Crippen molar-refractivity contribution in [2.75, 3.05) is 6.54 Å². The first-order chi connectivity index (χ1) is 7.47. The Morgan fingerprint density at radius 3 is 2.20 bits per heavy atom. The van der Waals surface area contributed by atoms with Crippen molar-refractivity contribution in [3.8, 4) is 0 Å². The predicted octanol–water partition coefficient (Wildman–Crippen LogP) is 2.35. The molecule has 0 aliphatic carbocycles. The molecule has 0 unspecified atom stereocenters. The number of H-pyrrole nitrogens is 1. The van der Waals surface area contributed by atoms with Crippen LogP contribution in [0.25, 0.3) is 0 Å². The summed E-state index contributed by atoms with van der Waals surface area (Å²) in [4.78, 5) is 2.86. The summed E-state index contributed by atoms with van der Waals surface area (Å²) in [7, 11) is 0. The van der Waals surface area contributed by atoms with Gasteiger partial charge in [-0.1, -0.05) is 24.3 Å². The Bertz CT molecular complexity index is 337. The lowest BCUT2D eigenvalue weighted by Gasteiger charge is -2.15. The quantitative estimate of drug-likeness (QED) is 0.671. The molecule has 2 N–H and O–H groups in total. The van der Waals surface area contributed by atoms with Gasteiger partial charge in [-0.25, -0.2) is 0 Å². The van der Waals surface area contributed by atoms with Crippen LogP contribution in [-0.2, 0) is 13.0 Å². The van der Waals surface area contributed by atoms with Gasteiger partial charge in [-0.2, -0.15) is 0 Å². The summed E-state index contributed by atoms with van der Waals surface area (Å²) in [6.45, 7) is 2.19. The zero-order chi connectivity index (χ0) is 10.3. The number of aromatic nitrogens is 1. The van der Waals surface area contributed by atoms with Crippen LogP contribution >= 0.6 is 0 Å². The molecule has 3 rings (SSSR count). The molecule has 0 atom stereocenters. The van der Waals surface area contributed by atoms with E-state index < -0.39 is 0 Å². The third-order valence-electron chi connectivity index (χ3n) is 2.50. The molecule has 2 aromatic rings. The van der Waals surface area contributed by atoms with Crippen LogP contribution in [0.15, 0.2) is 48.8 Å². The van der Waals surface area contributed by atoms with Gasteiger partial charge in [0.1, 0.15) is 0 Å². The number of hydrogen-bond acceptors (Lipinski definition) is 1. The van der Waals surface area contributed by atoms with Crippen molar-refractivity contribution in [3.63, 3.8) is 0 Å². The maximum atomic E-state index is 3.34. The van der Waals surface area contributed by atoms with Crippen molar-refractivity contribution < 1.29 is 0 Å². The minimum atomic E-state index is 1.05. The van der Waals surface area contributed by atoms with E-state index in [2.05, 4.69) is 34.6 Å². The first kappa shape index (κ1) is 9.99. The van der Waals surface area contributed by atoms with Crippen LogP contribution in [0.3, 0.4) is 0 Å². The lowest BCUT2D eigenvalue weighted by atomic mass is 10.0. The van der Waals surface area contributed by atoms with Crippen LogP contribution in [0.2, 0.25) is 0 Å². The summed E-state index contributed by atoms with van der Waals surface area (Å²) in [5, 5.41) is 3.34. The Morgan fingerprint density at radius 2 is 1.60 bits per heavy atom. The Labute approximate surface area is 90.3 Å². The van der Waals surface area contributed by atoms with Crippen molar-refractivity contribution in [2.24, 2.45) is 0 Å². The molecule has 0 spiro atoms. The molecule has 1 aromatic heterocycles. The van der Waals surface area contributed by atoms with Gasteiger partial charge < -0.3 is 10.3 Å². The van der Waals surface area contributed by atoms with E-state index in [-0.39, 0.29) is 0 Å². The average molecular weight is 200 g/mol. The van der Waals surface area contributed by atoms with E-state index in [1.165, 1.54) is 17.5 Å². The Balaban J connectivity index is 0.000000144. The van der Waals surface area contributed by atoms with Crippen molar-refractivity contribution in [3.05, 3.63) is 59.9 Å². The zero-order valence-electron chi connectivity index (χ0n) is 8.74. The summed E-state index contributed by atoms with van der Waals surface area (Å²) in [6, 6.07) is 12.5. The SMILES string of the molecule is c1cc[nH]c1.c1ccc2c(c1)CCNC2. The second-order valence-corrected chi connectivity index (χ2v) is 3.58. The molecule has 15 heavy (non-hydrogen) atoms. The van der Waals surface area contributed by atoms with Gasteiger partial charge in [-0.3, -0.25) is 0 Å². The smallest absolute Gasteiger partial charge is 0.0208 e. The molecule has 0 bridgehead atoms. The Kier molecular flexibility index (Phi) is 3.58. The van der Waals surface area contributed by atoms with E-state index in [1.54, 1.807) is 0 Å². The molecule has 2 heteroatoms. The molecule has 0 radical (unpaired) electrons. The molecule has 0 amide bonds. The molecule has 2 heterocycles. The maximum absolute atomic E-state index is 3.34. The van der Waals surface area contributed by atoms with Crippen LogP contribution in [0.1, 0.15) is 11.1 Å². The highest BCUT2D eigenvalue weighted by molar-refractivity contribution is 5.28. The summed E-state index contributed by atoms with van der Waals surface area (Å²) < 4.78 is 0. The normalized spacial score (nSPS) is 13.6. The second-order valence-electron chi connectivity index (χ2n) is 3.58. The number of hydrogen-bond donors (Lipinski definition) is 2. The van der Waals surface area contributed by atoms with Crippen LogP contribution in [0, 0.1) is 0 Å². The monoisotopic (exact) mass is 200 g/mol. The molecule has 0 fully saturated rings. The largest absolute Gasteiger partial charge is 0.368 e. The number of rotatable bonds is 0. The van der Waals surface area contributed by atoms with Crippen molar-refractivity contribution >= 4 is 0 Å². The maximum Gasteiger partial charge on any atom is 0.0208 e. The highest BCUT2D eigenvalue weighted by atomic mass is 14.9. The van der Waals surface area contributed by atoms with Gasteiger partial charge in [0.25, 0.3) is 0 Å². The van der Waals surface area contributed by atoms with E-state index in [9.17, 15) is 0 Å². The minimum Gasteiger partial charge on any atom is -0.368 e. The second kappa shape index (κ2) is 5.37. The molecular formula is C13H16N2. The van der Waals surface area contributed by atoms with Crippen molar-refractivity contribution in [1.82, 2.24) is 10.3 Å². The van der Waals surface area contributed by atoms with E-state index in [4.69, 9.17) is 0 Å². The number of benzene rings is 1. The number of nitrogens with one attached hydrogen (secondary N) is 2. The lowest BCUT2D eigenvalue weighted by molar-refractivity contribution is 0.644. The fraction of sp³-hybridized carbons (Fsp3) is 0.231. The van der Waals surface area contributed by atoms with E-state index in [1.807, 2.05) is 24.5 Å². The third-order valence-corrected chi connectivity index (χ3v) is 2.50. The first-order valence-electron chi connectivity index (χ1n) is 5.32. The van der Waals surface area contributed by atoms with Crippen LogP contribution in [0.5, 0.6) is 0 Å². The Hall–Kier alpha value is -1.54. The van der Waals surface area contributed by atoms with E-state index >= 15 is 0 Å². The third kappa shape index (κ3) is 2.96. The standard InChI is InChI=1S/C9H11N.C4H5N/c1-2-4-9-7-10-6-5-8(9)3-1;1-2-4-5-3-1/h1-4,10H,5-7H2;1-5H. The summed E-state index contributed by atoms with van der Waals surface area (Å²) in [5.41, 5.74) is 2.98. The molecule has 1 aromatic carbocycles. The summed E-state index contributed by atoms with van der Waals surface area (Å²) in [5.74, 6) is 0. The van der Waals surface area contributed by atoms with Gasteiger partial charge >= 0.3 is 0 Å². The lowest BCUT2D eigenvalue weighted by Crippen LogP contribution is -2.23. The highest BCUT2D eigenvalue weighted by Gasteiger charge is 2.05. The molecular weight excluding hydrogens is 184 g/mol. The highest BCUT2D eigenvalue weighted by Crippen LogP contribution is 2.11. The minimum absolute atomic E-state index is 1.05. The van der Waals surface area contributed by atoms with Gasteiger partial charge in [0.05, 0.1) is 0 Å². The van der Waals surface area contributed by atoms with Gasteiger partial charge in [-0.05, 0) is 36.2 Å². The topological polar surface area (TPSA) is 27.8 Å². The number of fused-ring (bicyclic) bond motifs is 1. The van der Waals surface area contributed by atoms with Crippen LogP contribution < -0.4 is 5.32 Å². The van der Waals surface area contributed by atoms with Crippen LogP contribution in [0.4, 0.5) is 0 Å². The van der Waals surface area contributed by atoms with Crippen LogP contribution in [-0.4, -0.2) is 11.5 Å². The van der Waals surface area contributed by atoms with Gasteiger partial charge in [0.2, 0.25) is 0 Å². The van der Waals surface area contributed by atoms with Gasteiger partial charge in [0, 0.05) is 18.9 Å². The van der Waals surface area contributed by atoms with Gasteiger partial charge in [0.15, 0.2) is 0 Å². The molecule has 0 saturated heterocycles. The predicted molar refractivity (Wildman–Crippen MR) is 62.6 cm³/mol. The van der Waals surface area contributed by atoms with Gasteiger partial charge in [-0.15, -0.1) is 0 Å². The number of aromatic amines is 1.